The third-order valence-electron chi connectivity index (χ3n) is 2.84. The van der Waals surface area contributed by atoms with Gasteiger partial charge in [-0.2, -0.15) is 0 Å². The lowest BCUT2D eigenvalue weighted by molar-refractivity contribution is 0.201. The van der Waals surface area contributed by atoms with Gasteiger partial charge in [0, 0.05) is 5.54 Å². The van der Waals surface area contributed by atoms with E-state index in [1.54, 1.807) is 0 Å². The van der Waals surface area contributed by atoms with Crippen LogP contribution in [0.2, 0.25) is 0 Å². The summed E-state index contributed by atoms with van der Waals surface area (Å²) in [5.41, 5.74) is 0.339. The molecule has 0 saturated heterocycles. The number of hydrogen-bond donors (Lipinski definition) is 1. The Balaban J connectivity index is 1.91. The zero-order valence-electron chi connectivity index (χ0n) is 8.07. The second kappa shape index (κ2) is 3.99. The Morgan fingerprint density at radius 1 is 1.50 bits per heavy atom. The Bertz CT molecular complexity index is 311. The van der Waals surface area contributed by atoms with Crippen LogP contribution in [0.1, 0.15) is 31.9 Å². The lowest BCUT2D eigenvalue weighted by Crippen LogP contribution is -2.47. The van der Waals surface area contributed by atoms with E-state index in [-0.39, 0.29) is 0 Å². The highest BCUT2D eigenvalue weighted by Gasteiger charge is 2.31. The van der Waals surface area contributed by atoms with Crippen molar-refractivity contribution >= 4 is 31.9 Å². The zero-order valence-corrected chi connectivity index (χ0v) is 11.2. The van der Waals surface area contributed by atoms with Crippen molar-refractivity contribution in [1.29, 1.82) is 0 Å². The molecule has 4 heteroatoms. The predicted octanol–water partition coefficient (Wildman–Crippen LogP) is 3.84. The molecule has 1 heterocycles. The quantitative estimate of drug-likeness (QED) is 0.914. The lowest BCUT2D eigenvalue weighted by Gasteiger charge is -2.39. The Hall–Kier alpha value is 0.200. The number of halogens is 2. The van der Waals surface area contributed by atoms with Crippen molar-refractivity contribution < 1.29 is 4.42 Å². The van der Waals surface area contributed by atoms with Crippen molar-refractivity contribution in [3.63, 3.8) is 0 Å². The van der Waals surface area contributed by atoms with Gasteiger partial charge in [0.15, 0.2) is 4.67 Å². The third kappa shape index (κ3) is 2.23. The molecular formula is C10H13Br2NO. The molecule has 1 aromatic heterocycles. The molecule has 78 valence electrons. The summed E-state index contributed by atoms with van der Waals surface area (Å²) >= 11 is 6.73. The van der Waals surface area contributed by atoms with Crippen LogP contribution in [0.4, 0.5) is 0 Å². The maximum Gasteiger partial charge on any atom is 0.183 e. The smallest absolute Gasteiger partial charge is 0.183 e. The van der Waals surface area contributed by atoms with Gasteiger partial charge in [-0.3, -0.25) is 0 Å². The molecule has 2 rings (SSSR count). The molecule has 1 aliphatic rings. The number of nitrogens with one attached hydrogen (secondary N) is 1. The molecule has 1 aromatic rings. The first kappa shape index (κ1) is 10.7. The summed E-state index contributed by atoms with van der Waals surface area (Å²) in [6.45, 7) is 3.07. The fraction of sp³-hybridized carbons (Fsp3) is 0.600. The molecule has 1 saturated carbocycles. The minimum Gasteiger partial charge on any atom is -0.452 e. The molecule has 1 N–H and O–H groups in total. The van der Waals surface area contributed by atoms with Crippen LogP contribution in [-0.4, -0.2) is 5.54 Å². The normalized spacial score (nSPS) is 19.4. The van der Waals surface area contributed by atoms with Crippen LogP contribution in [-0.2, 0) is 6.54 Å². The van der Waals surface area contributed by atoms with Crippen molar-refractivity contribution in [1.82, 2.24) is 5.32 Å². The average molecular weight is 323 g/mol. The van der Waals surface area contributed by atoms with Gasteiger partial charge >= 0.3 is 0 Å². The van der Waals surface area contributed by atoms with Gasteiger partial charge in [0.05, 0.1) is 11.0 Å². The first-order valence-corrected chi connectivity index (χ1v) is 6.36. The van der Waals surface area contributed by atoms with Crippen LogP contribution in [0.15, 0.2) is 19.6 Å². The van der Waals surface area contributed by atoms with Crippen LogP contribution in [0, 0.1) is 0 Å². The molecule has 0 bridgehead atoms. The summed E-state index contributed by atoms with van der Waals surface area (Å²) in [7, 11) is 0. The van der Waals surface area contributed by atoms with Gasteiger partial charge in [-0.15, -0.1) is 0 Å². The monoisotopic (exact) mass is 321 g/mol. The van der Waals surface area contributed by atoms with Crippen LogP contribution in [0.5, 0.6) is 0 Å². The number of rotatable bonds is 3. The first-order chi connectivity index (χ1) is 6.59. The fourth-order valence-electron chi connectivity index (χ4n) is 1.66. The molecule has 0 radical (unpaired) electrons. The van der Waals surface area contributed by atoms with Gasteiger partial charge < -0.3 is 9.73 Å². The highest BCUT2D eigenvalue weighted by atomic mass is 79.9. The maximum atomic E-state index is 5.49. The van der Waals surface area contributed by atoms with Crippen molar-refractivity contribution in [2.45, 2.75) is 38.3 Å². The first-order valence-electron chi connectivity index (χ1n) is 4.78. The molecule has 1 fully saturated rings. The topological polar surface area (TPSA) is 25.2 Å². The molecule has 0 amide bonds. The van der Waals surface area contributed by atoms with Crippen LogP contribution in [0.3, 0.4) is 0 Å². The summed E-state index contributed by atoms with van der Waals surface area (Å²) in [6.07, 6.45) is 3.89. The van der Waals surface area contributed by atoms with Gasteiger partial charge in [0.25, 0.3) is 0 Å². The summed E-state index contributed by atoms with van der Waals surface area (Å²) in [5.74, 6) is 0.969. The van der Waals surface area contributed by atoms with Gasteiger partial charge in [0.1, 0.15) is 5.76 Å². The van der Waals surface area contributed by atoms with Gasteiger partial charge in [0.2, 0.25) is 0 Å². The fourth-order valence-corrected chi connectivity index (χ4v) is 2.32. The number of furan rings is 1. The van der Waals surface area contributed by atoms with E-state index in [2.05, 4.69) is 44.1 Å². The summed E-state index contributed by atoms with van der Waals surface area (Å²) in [5, 5.41) is 3.52. The minimum absolute atomic E-state index is 0.339. The van der Waals surface area contributed by atoms with Crippen molar-refractivity contribution in [2.75, 3.05) is 0 Å². The van der Waals surface area contributed by atoms with E-state index in [0.29, 0.717) is 5.54 Å². The third-order valence-corrected chi connectivity index (χ3v) is 4.55. The summed E-state index contributed by atoms with van der Waals surface area (Å²) in [6, 6.07) is 2.00. The highest BCUT2D eigenvalue weighted by molar-refractivity contribution is 9.13. The molecule has 0 spiro atoms. The van der Waals surface area contributed by atoms with Crippen molar-refractivity contribution in [2.24, 2.45) is 0 Å². The second-order valence-corrected chi connectivity index (χ2v) is 5.68. The van der Waals surface area contributed by atoms with E-state index < -0.39 is 0 Å². The predicted molar refractivity (Wildman–Crippen MR) is 63.2 cm³/mol. The average Bonchev–Trinajstić information content (AvgIpc) is 2.40. The standard InChI is InChI=1S/C10H13Br2NO/c1-10(3-2-4-10)13-6-7-5-8(11)9(12)14-7/h5,13H,2-4,6H2,1H3. The Kier molecular flexibility index (Phi) is 3.05. The Labute approximate surface area is 101 Å². The van der Waals surface area contributed by atoms with E-state index >= 15 is 0 Å². The largest absolute Gasteiger partial charge is 0.452 e. The van der Waals surface area contributed by atoms with Crippen molar-refractivity contribution in [3.8, 4) is 0 Å². The van der Waals surface area contributed by atoms with E-state index in [0.717, 1.165) is 21.4 Å². The van der Waals surface area contributed by atoms with E-state index in [1.807, 2.05) is 6.07 Å². The Morgan fingerprint density at radius 3 is 2.64 bits per heavy atom. The summed E-state index contributed by atoms with van der Waals surface area (Å²) < 4.78 is 7.24. The second-order valence-electron chi connectivity index (χ2n) is 4.10. The van der Waals surface area contributed by atoms with Crippen LogP contribution in [0.25, 0.3) is 0 Å². The summed E-state index contributed by atoms with van der Waals surface area (Å²) in [4.78, 5) is 0. The Morgan fingerprint density at radius 2 is 2.21 bits per heavy atom. The zero-order chi connectivity index (χ0) is 10.2. The maximum absolute atomic E-state index is 5.49. The van der Waals surface area contributed by atoms with Gasteiger partial charge in [-0.25, -0.2) is 0 Å². The van der Waals surface area contributed by atoms with Gasteiger partial charge in [-0.1, -0.05) is 0 Å². The molecule has 0 aromatic carbocycles. The van der Waals surface area contributed by atoms with Gasteiger partial charge in [-0.05, 0) is 64.1 Å². The number of hydrogen-bond acceptors (Lipinski definition) is 2. The van der Waals surface area contributed by atoms with Crippen LogP contribution < -0.4 is 5.32 Å². The minimum atomic E-state index is 0.339. The molecule has 0 aliphatic heterocycles. The SMILES string of the molecule is CC1(NCc2cc(Br)c(Br)o2)CCC1. The molecule has 2 nitrogen and oxygen atoms in total. The lowest BCUT2D eigenvalue weighted by atomic mass is 9.78. The van der Waals surface area contributed by atoms with E-state index in [4.69, 9.17) is 4.42 Å². The molecule has 1 aliphatic carbocycles. The molecular weight excluding hydrogens is 310 g/mol. The van der Waals surface area contributed by atoms with E-state index in [9.17, 15) is 0 Å². The molecule has 14 heavy (non-hydrogen) atoms. The van der Waals surface area contributed by atoms with E-state index in [1.165, 1.54) is 19.3 Å². The van der Waals surface area contributed by atoms with Crippen molar-refractivity contribution in [3.05, 3.63) is 21.0 Å². The molecule has 0 unspecified atom stereocenters. The van der Waals surface area contributed by atoms with Crippen LogP contribution >= 0.6 is 31.9 Å². The molecule has 0 atom stereocenters. The highest BCUT2D eigenvalue weighted by Crippen LogP contribution is 2.32.